The van der Waals surface area contributed by atoms with Gasteiger partial charge in [-0.05, 0) is 47.1 Å². The van der Waals surface area contributed by atoms with Gasteiger partial charge in [-0.15, -0.1) is 0 Å². The Morgan fingerprint density at radius 2 is 1.96 bits per heavy atom. The molecule has 2 aromatic carbocycles. The van der Waals surface area contributed by atoms with Gasteiger partial charge in [-0.1, -0.05) is 35.3 Å². The van der Waals surface area contributed by atoms with Crippen LogP contribution in [0, 0.1) is 0 Å². The topological polar surface area (TPSA) is 85.1 Å². The van der Waals surface area contributed by atoms with Gasteiger partial charge in [0.05, 0.1) is 0 Å². The molecule has 0 aliphatic rings. The molecule has 0 unspecified atom stereocenters. The van der Waals surface area contributed by atoms with Crippen LogP contribution < -0.4 is 4.72 Å². The minimum Gasteiger partial charge on any atom is -0.243 e. The minimum atomic E-state index is -3.84. The zero-order valence-corrected chi connectivity index (χ0v) is 14.2. The summed E-state index contributed by atoms with van der Waals surface area (Å²) >= 11 is 12.0. The van der Waals surface area contributed by atoms with E-state index >= 15 is 0 Å². The molecule has 0 amide bonds. The van der Waals surface area contributed by atoms with E-state index in [9.17, 15) is 8.42 Å². The molecule has 3 rings (SSSR count). The van der Waals surface area contributed by atoms with Gasteiger partial charge in [0, 0.05) is 16.1 Å². The van der Waals surface area contributed by atoms with Crippen LogP contribution >= 0.6 is 23.2 Å². The zero-order valence-electron chi connectivity index (χ0n) is 11.8. The van der Waals surface area contributed by atoms with Crippen LogP contribution in [0.4, 0.5) is 0 Å². The maximum atomic E-state index is 12.6. The van der Waals surface area contributed by atoms with E-state index in [1.807, 2.05) is 0 Å². The second kappa shape index (κ2) is 6.09. The molecule has 0 radical (unpaired) electrons. The van der Waals surface area contributed by atoms with Crippen molar-refractivity contribution in [2.24, 2.45) is 0 Å². The van der Waals surface area contributed by atoms with Crippen LogP contribution in [0.1, 0.15) is 18.5 Å². The maximum Gasteiger partial charge on any atom is 0.243 e. The lowest BCUT2D eigenvalue weighted by Gasteiger charge is -2.16. The van der Waals surface area contributed by atoms with Crippen molar-refractivity contribution >= 4 is 44.3 Å². The molecule has 1 N–H and O–H groups in total. The molecular weight excluding hydrogens is 361 g/mol. The van der Waals surface area contributed by atoms with Crippen LogP contribution in [0.2, 0.25) is 10.0 Å². The highest BCUT2D eigenvalue weighted by Crippen LogP contribution is 2.28. The van der Waals surface area contributed by atoms with Gasteiger partial charge in [-0.25, -0.2) is 17.8 Å². The number of nitrogens with one attached hydrogen (secondary N) is 1. The zero-order chi connectivity index (χ0) is 16.6. The highest BCUT2D eigenvalue weighted by Gasteiger charge is 2.23. The van der Waals surface area contributed by atoms with Gasteiger partial charge in [0.25, 0.3) is 0 Å². The second-order valence-corrected chi connectivity index (χ2v) is 7.42. The highest BCUT2D eigenvalue weighted by molar-refractivity contribution is 7.89. The van der Waals surface area contributed by atoms with Gasteiger partial charge in [0.1, 0.15) is 10.4 Å². The van der Waals surface area contributed by atoms with E-state index in [2.05, 4.69) is 19.7 Å². The quantitative estimate of drug-likeness (QED) is 0.757. The molecule has 120 valence electrons. The van der Waals surface area contributed by atoms with Gasteiger partial charge in [0.15, 0.2) is 5.52 Å². The molecule has 6 nitrogen and oxygen atoms in total. The molecule has 0 saturated heterocycles. The predicted molar refractivity (Wildman–Crippen MR) is 87.0 cm³/mol. The number of nitrogens with zero attached hydrogens (tertiary/aromatic N) is 2. The number of hydrogen-bond donors (Lipinski definition) is 1. The first-order valence-electron chi connectivity index (χ1n) is 6.57. The number of halogens is 2. The molecule has 0 aliphatic carbocycles. The van der Waals surface area contributed by atoms with Crippen molar-refractivity contribution in [1.29, 1.82) is 0 Å². The van der Waals surface area contributed by atoms with E-state index in [0.717, 1.165) is 0 Å². The molecule has 0 fully saturated rings. The van der Waals surface area contributed by atoms with Crippen LogP contribution in [-0.4, -0.2) is 18.7 Å². The summed E-state index contributed by atoms with van der Waals surface area (Å²) in [6.07, 6.45) is 0. The number of rotatable bonds is 4. The Balaban J connectivity index is 1.96. The van der Waals surface area contributed by atoms with E-state index in [1.54, 1.807) is 37.3 Å². The van der Waals surface area contributed by atoms with Crippen molar-refractivity contribution in [3.05, 3.63) is 52.0 Å². The van der Waals surface area contributed by atoms with Crippen LogP contribution in [0.25, 0.3) is 11.0 Å². The van der Waals surface area contributed by atoms with E-state index in [1.165, 1.54) is 6.07 Å². The molecule has 3 aromatic rings. The molecule has 0 spiro atoms. The Morgan fingerprint density at radius 1 is 1.17 bits per heavy atom. The molecule has 1 atom stereocenters. The average Bonchev–Trinajstić information content (AvgIpc) is 2.94. The summed E-state index contributed by atoms with van der Waals surface area (Å²) in [6, 6.07) is 8.95. The fraction of sp³-hybridized carbons (Fsp3) is 0.143. The van der Waals surface area contributed by atoms with Crippen molar-refractivity contribution in [3.8, 4) is 0 Å². The highest BCUT2D eigenvalue weighted by atomic mass is 35.5. The Kier molecular flexibility index (Phi) is 4.29. The van der Waals surface area contributed by atoms with Gasteiger partial charge < -0.3 is 0 Å². The number of benzene rings is 2. The second-order valence-electron chi connectivity index (χ2n) is 4.90. The Labute approximate surface area is 142 Å². The fourth-order valence-electron chi connectivity index (χ4n) is 2.21. The molecule has 1 heterocycles. The Bertz CT molecular complexity index is 972. The first-order chi connectivity index (χ1) is 10.9. The van der Waals surface area contributed by atoms with E-state index < -0.39 is 16.1 Å². The minimum absolute atomic E-state index is 0.00631. The first kappa shape index (κ1) is 16.2. The van der Waals surface area contributed by atoms with Crippen LogP contribution in [0.15, 0.2) is 45.9 Å². The van der Waals surface area contributed by atoms with Crippen molar-refractivity contribution in [2.45, 2.75) is 17.9 Å². The third-order valence-corrected chi connectivity index (χ3v) is 5.43. The van der Waals surface area contributed by atoms with Crippen molar-refractivity contribution in [2.75, 3.05) is 0 Å². The summed E-state index contributed by atoms with van der Waals surface area (Å²) in [6.45, 7) is 1.69. The summed E-state index contributed by atoms with van der Waals surface area (Å²) in [7, 11) is -3.84. The van der Waals surface area contributed by atoms with Gasteiger partial charge >= 0.3 is 0 Å². The largest absolute Gasteiger partial charge is 0.243 e. The monoisotopic (exact) mass is 371 g/mol. The predicted octanol–water partition coefficient (Wildman–Crippen LogP) is 3.57. The maximum absolute atomic E-state index is 12.6. The summed E-state index contributed by atoms with van der Waals surface area (Å²) in [5.74, 6) is 0. The van der Waals surface area contributed by atoms with Gasteiger partial charge in [0.2, 0.25) is 10.0 Å². The summed E-state index contributed by atoms with van der Waals surface area (Å²) in [5.41, 5.74) is 1.16. The fourth-order valence-corrected chi connectivity index (χ4v) is 4.16. The third-order valence-electron chi connectivity index (χ3n) is 3.30. The number of hydrogen-bond acceptors (Lipinski definition) is 5. The molecular formula is C14H11Cl2N3O3S. The van der Waals surface area contributed by atoms with Crippen LogP contribution in [-0.2, 0) is 10.0 Å². The van der Waals surface area contributed by atoms with Crippen LogP contribution in [0.3, 0.4) is 0 Å². The van der Waals surface area contributed by atoms with E-state index in [4.69, 9.17) is 23.2 Å². The van der Waals surface area contributed by atoms with Crippen LogP contribution in [0.5, 0.6) is 0 Å². The molecule has 23 heavy (non-hydrogen) atoms. The lowest BCUT2D eigenvalue weighted by atomic mass is 10.1. The number of aromatic nitrogens is 2. The molecule has 1 aromatic heterocycles. The number of sulfonamides is 1. The molecule has 0 bridgehead atoms. The third kappa shape index (κ3) is 3.18. The summed E-state index contributed by atoms with van der Waals surface area (Å²) in [5, 5.41) is 8.15. The molecule has 0 saturated carbocycles. The normalized spacial score (nSPS) is 13.3. The SMILES string of the molecule is C[C@H](NS(=O)(=O)c1cccc2nonc12)c1ccc(Cl)cc1Cl. The first-order valence-corrected chi connectivity index (χ1v) is 8.81. The smallest absolute Gasteiger partial charge is 0.243 e. The van der Waals surface area contributed by atoms with E-state index in [0.29, 0.717) is 21.1 Å². The Morgan fingerprint density at radius 3 is 2.70 bits per heavy atom. The standard InChI is InChI=1S/C14H11Cl2N3O3S/c1-8(10-6-5-9(15)7-11(10)16)19-23(20,21)13-4-2-3-12-14(13)18-22-17-12/h2-8,19H,1H3/t8-/m0/s1. The van der Waals surface area contributed by atoms with Crippen molar-refractivity contribution in [1.82, 2.24) is 15.0 Å². The summed E-state index contributed by atoms with van der Waals surface area (Å²) in [4.78, 5) is -0.00631. The van der Waals surface area contributed by atoms with E-state index in [-0.39, 0.29) is 10.4 Å². The van der Waals surface area contributed by atoms with Crippen molar-refractivity contribution < 1.29 is 13.0 Å². The lowest BCUT2D eigenvalue weighted by molar-refractivity contribution is 0.315. The van der Waals surface area contributed by atoms with Crippen molar-refractivity contribution in [3.63, 3.8) is 0 Å². The molecule has 0 aliphatic heterocycles. The average molecular weight is 372 g/mol. The lowest BCUT2D eigenvalue weighted by Crippen LogP contribution is -2.27. The molecule has 9 heteroatoms. The van der Waals surface area contributed by atoms with Gasteiger partial charge in [-0.3, -0.25) is 0 Å². The summed E-state index contributed by atoms with van der Waals surface area (Å²) < 4.78 is 32.4. The van der Waals surface area contributed by atoms with Gasteiger partial charge in [-0.2, -0.15) is 0 Å². The number of fused-ring (bicyclic) bond motifs is 1. The Hall–Kier alpha value is -1.67.